The van der Waals surface area contributed by atoms with E-state index in [-0.39, 0.29) is 18.1 Å². The number of carbonyl (C=O) groups is 1. The zero-order chi connectivity index (χ0) is 13.8. The van der Waals surface area contributed by atoms with Crippen molar-refractivity contribution in [2.24, 2.45) is 0 Å². The molecule has 1 aromatic carbocycles. The molecule has 0 spiro atoms. The van der Waals surface area contributed by atoms with Crippen molar-refractivity contribution >= 4 is 11.6 Å². The molecule has 1 amide bonds. The summed E-state index contributed by atoms with van der Waals surface area (Å²) in [7, 11) is 1.59. The Labute approximate surface area is 109 Å². The van der Waals surface area contributed by atoms with E-state index < -0.39 is 4.92 Å². The Balaban J connectivity index is 2.17. The van der Waals surface area contributed by atoms with Gasteiger partial charge >= 0.3 is 0 Å². The number of nitro benzene ring substituents is 1. The first kappa shape index (κ1) is 12.8. The van der Waals surface area contributed by atoms with Crippen LogP contribution in [-0.4, -0.2) is 22.8 Å². The van der Waals surface area contributed by atoms with Gasteiger partial charge in [0.1, 0.15) is 6.26 Å². The quantitative estimate of drug-likeness (QED) is 0.625. The van der Waals surface area contributed by atoms with Crippen molar-refractivity contribution in [3.8, 4) is 0 Å². The Bertz CT molecular complexity index is 592. The summed E-state index contributed by atoms with van der Waals surface area (Å²) in [6.07, 6.45) is 2.75. The molecule has 0 unspecified atom stereocenters. The molecular formula is C13H12N2O4. The fourth-order valence-corrected chi connectivity index (χ4v) is 1.76. The van der Waals surface area contributed by atoms with Crippen LogP contribution in [0.1, 0.15) is 15.9 Å². The van der Waals surface area contributed by atoms with Gasteiger partial charge in [-0.25, -0.2) is 0 Å². The molecule has 19 heavy (non-hydrogen) atoms. The molecule has 0 aliphatic heterocycles. The van der Waals surface area contributed by atoms with E-state index in [1.165, 1.54) is 23.5 Å². The van der Waals surface area contributed by atoms with Gasteiger partial charge in [0.25, 0.3) is 11.6 Å². The average Bonchev–Trinajstić information content (AvgIpc) is 2.92. The van der Waals surface area contributed by atoms with Gasteiger partial charge in [0.15, 0.2) is 0 Å². The van der Waals surface area contributed by atoms with Crippen LogP contribution in [-0.2, 0) is 6.54 Å². The molecule has 0 saturated carbocycles. The first-order chi connectivity index (χ1) is 9.09. The topological polar surface area (TPSA) is 76.6 Å². The number of benzene rings is 1. The fraction of sp³-hybridized carbons (Fsp3) is 0.154. The van der Waals surface area contributed by atoms with Crippen LogP contribution in [0, 0.1) is 10.1 Å². The molecule has 6 nitrogen and oxygen atoms in total. The minimum Gasteiger partial charge on any atom is -0.472 e. The highest BCUT2D eigenvalue weighted by Gasteiger charge is 2.18. The maximum Gasteiger partial charge on any atom is 0.274 e. The van der Waals surface area contributed by atoms with Crippen molar-refractivity contribution in [3.05, 3.63) is 64.1 Å². The summed E-state index contributed by atoms with van der Waals surface area (Å²) < 4.78 is 4.84. The van der Waals surface area contributed by atoms with E-state index in [2.05, 4.69) is 0 Å². The molecular weight excluding hydrogens is 248 g/mol. The highest BCUT2D eigenvalue weighted by atomic mass is 16.6. The molecule has 0 atom stereocenters. The number of rotatable bonds is 4. The van der Waals surface area contributed by atoms with Crippen LogP contribution < -0.4 is 0 Å². The van der Waals surface area contributed by atoms with Crippen LogP contribution in [0.3, 0.4) is 0 Å². The summed E-state index contributed by atoms with van der Waals surface area (Å²) in [5.74, 6) is -0.244. The third-order valence-corrected chi connectivity index (χ3v) is 2.71. The Kier molecular flexibility index (Phi) is 3.61. The minimum absolute atomic E-state index is 0.00865. The van der Waals surface area contributed by atoms with Gasteiger partial charge in [-0.15, -0.1) is 0 Å². The number of hydrogen-bond acceptors (Lipinski definition) is 4. The van der Waals surface area contributed by atoms with Gasteiger partial charge in [0.2, 0.25) is 0 Å². The van der Waals surface area contributed by atoms with Crippen molar-refractivity contribution in [2.75, 3.05) is 7.05 Å². The lowest BCUT2D eigenvalue weighted by Gasteiger charge is -2.16. The smallest absolute Gasteiger partial charge is 0.274 e. The fourth-order valence-electron chi connectivity index (χ4n) is 1.76. The lowest BCUT2D eigenvalue weighted by atomic mass is 10.1. The summed E-state index contributed by atoms with van der Waals surface area (Å²) >= 11 is 0. The zero-order valence-corrected chi connectivity index (χ0v) is 10.3. The normalized spacial score (nSPS) is 10.2. The molecule has 1 aromatic heterocycles. The van der Waals surface area contributed by atoms with Crippen LogP contribution in [0.5, 0.6) is 0 Å². The summed E-state index contributed by atoms with van der Waals surface area (Å²) in [6.45, 7) is 0.168. The molecule has 0 bridgehead atoms. The van der Waals surface area contributed by atoms with Crippen molar-refractivity contribution in [2.45, 2.75) is 6.54 Å². The van der Waals surface area contributed by atoms with Gasteiger partial charge < -0.3 is 9.32 Å². The van der Waals surface area contributed by atoms with Gasteiger partial charge in [0.05, 0.1) is 23.3 Å². The van der Waals surface area contributed by atoms with Crippen LogP contribution in [0.4, 0.5) is 5.69 Å². The van der Waals surface area contributed by atoms with E-state index in [0.29, 0.717) is 11.1 Å². The van der Waals surface area contributed by atoms with Crippen LogP contribution >= 0.6 is 0 Å². The maximum atomic E-state index is 12.0. The lowest BCUT2D eigenvalue weighted by molar-refractivity contribution is -0.385. The molecule has 2 rings (SSSR count). The van der Waals surface area contributed by atoms with Crippen molar-refractivity contribution in [1.82, 2.24) is 4.90 Å². The number of nitrogens with zero attached hydrogens (tertiary/aromatic N) is 2. The number of furan rings is 1. The number of amides is 1. The Hall–Kier alpha value is -2.63. The molecule has 98 valence electrons. The second-order valence-corrected chi connectivity index (χ2v) is 4.06. The van der Waals surface area contributed by atoms with E-state index in [9.17, 15) is 14.9 Å². The Morgan fingerprint density at radius 3 is 2.74 bits per heavy atom. The first-order valence-electron chi connectivity index (χ1n) is 5.59. The maximum absolute atomic E-state index is 12.0. The van der Waals surface area contributed by atoms with Gasteiger partial charge in [-0.1, -0.05) is 18.2 Å². The summed E-state index contributed by atoms with van der Waals surface area (Å²) in [4.78, 5) is 23.8. The third-order valence-electron chi connectivity index (χ3n) is 2.71. The molecule has 1 heterocycles. The van der Waals surface area contributed by atoms with Gasteiger partial charge in [-0.05, 0) is 6.07 Å². The van der Waals surface area contributed by atoms with E-state index >= 15 is 0 Å². The van der Waals surface area contributed by atoms with E-state index in [0.717, 1.165) is 0 Å². The van der Waals surface area contributed by atoms with E-state index in [1.54, 1.807) is 31.3 Å². The molecule has 6 heteroatoms. The van der Waals surface area contributed by atoms with E-state index in [1.807, 2.05) is 0 Å². The predicted octanol–water partition coefficient (Wildman–Crippen LogP) is 2.46. The first-order valence-corrected chi connectivity index (χ1v) is 5.59. The van der Waals surface area contributed by atoms with Crippen LogP contribution in [0.25, 0.3) is 0 Å². The SMILES string of the molecule is CN(Cc1ccccc1[N+](=O)[O-])C(=O)c1ccoc1. The van der Waals surface area contributed by atoms with Crippen molar-refractivity contribution in [1.29, 1.82) is 0 Å². The third kappa shape index (κ3) is 2.79. The standard InChI is InChI=1S/C13H12N2O4/c1-14(13(16)11-6-7-19-9-11)8-10-4-2-3-5-12(10)15(17)18/h2-7,9H,8H2,1H3. The molecule has 0 saturated heterocycles. The molecule has 0 aliphatic rings. The summed E-state index contributed by atoms with van der Waals surface area (Å²) in [5.41, 5.74) is 0.919. The molecule has 0 radical (unpaired) electrons. The van der Waals surface area contributed by atoms with Gasteiger partial charge in [0, 0.05) is 18.7 Å². The highest BCUT2D eigenvalue weighted by Crippen LogP contribution is 2.19. The molecule has 0 N–H and O–H groups in total. The number of hydrogen-bond donors (Lipinski definition) is 0. The Morgan fingerprint density at radius 2 is 2.11 bits per heavy atom. The van der Waals surface area contributed by atoms with Crippen molar-refractivity contribution in [3.63, 3.8) is 0 Å². The number of carbonyl (C=O) groups excluding carboxylic acids is 1. The number of nitro groups is 1. The highest BCUT2D eigenvalue weighted by molar-refractivity contribution is 5.93. The zero-order valence-electron chi connectivity index (χ0n) is 10.3. The molecule has 0 aliphatic carbocycles. The van der Waals surface area contributed by atoms with Gasteiger partial charge in [-0.2, -0.15) is 0 Å². The molecule has 2 aromatic rings. The van der Waals surface area contributed by atoms with E-state index in [4.69, 9.17) is 4.42 Å². The lowest BCUT2D eigenvalue weighted by Crippen LogP contribution is -2.26. The number of para-hydroxylation sites is 1. The van der Waals surface area contributed by atoms with Crippen LogP contribution in [0.15, 0.2) is 47.3 Å². The second-order valence-electron chi connectivity index (χ2n) is 4.06. The van der Waals surface area contributed by atoms with Gasteiger partial charge in [-0.3, -0.25) is 14.9 Å². The largest absolute Gasteiger partial charge is 0.472 e. The predicted molar refractivity (Wildman–Crippen MR) is 67.6 cm³/mol. The summed E-state index contributed by atoms with van der Waals surface area (Å²) in [6, 6.07) is 7.92. The molecule has 0 fully saturated rings. The minimum atomic E-state index is -0.453. The van der Waals surface area contributed by atoms with Crippen molar-refractivity contribution < 1.29 is 14.1 Å². The summed E-state index contributed by atoms with van der Waals surface area (Å²) in [5, 5.41) is 10.9. The van der Waals surface area contributed by atoms with Crippen LogP contribution in [0.2, 0.25) is 0 Å². The second kappa shape index (κ2) is 5.34. The Morgan fingerprint density at radius 1 is 1.37 bits per heavy atom. The monoisotopic (exact) mass is 260 g/mol. The average molecular weight is 260 g/mol.